The third-order valence-corrected chi connectivity index (χ3v) is 6.59. The van der Waals surface area contributed by atoms with Crippen LogP contribution in [0.4, 0.5) is 0 Å². The van der Waals surface area contributed by atoms with Crippen molar-refractivity contribution in [1.82, 2.24) is 20.0 Å². The molecule has 0 radical (unpaired) electrons. The van der Waals surface area contributed by atoms with Crippen LogP contribution in [0.25, 0.3) is 0 Å². The zero-order chi connectivity index (χ0) is 24.6. The highest BCUT2D eigenvalue weighted by molar-refractivity contribution is 5.93. The summed E-state index contributed by atoms with van der Waals surface area (Å²) >= 11 is 0. The molecule has 1 N–H and O–H groups in total. The fourth-order valence-electron chi connectivity index (χ4n) is 4.37. The molecule has 0 spiro atoms. The molecule has 0 aliphatic carbocycles. The second-order valence-electron chi connectivity index (χ2n) is 9.73. The van der Waals surface area contributed by atoms with Crippen LogP contribution < -0.4 is 5.32 Å². The maximum atomic E-state index is 13.5. The normalized spacial score (nSPS) is 19.6. The number of rotatable bonds is 10. The van der Waals surface area contributed by atoms with Gasteiger partial charge < -0.3 is 15.1 Å². The molecule has 0 bridgehead atoms. The van der Waals surface area contributed by atoms with Crippen molar-refractivity contribution in [2.24, 2.45) is 11.8 Å². The number of likely N-dealkylation sites (tertiary alicyclic amines) is 1. The number of nitrogens with zero attached hydrogens (tertiary/aromatic N) is 3. The largest absolute Gasteiger partial charge is 0.343 e. The number of carbonyl (C=O) groups is 3. The fraction of sp³-hybridized carbons (Fsp3) is 0.800. The lowest BCUT2D eigenvalue weighted by Gasteiger charge is -2.36. The van der Waals surface area contributed by atoms with Crippen molar-refractivity contribution in [2.45, 2.75) is 85.9 Å². The molecule has 1 aliphatic rings. The van der Waals surface area contributed by atoms with Crippen molar-refractivity contribution in [3.8, 4) is 0 Å². The Labute approximate surface area is 195 Å². The number of amides is 3. The van der Waals surface area contributed by atoms with Crippen LogP contribution in [0.1, 0.15) is 67.7 Å². The van der Waals surface area contributed by atoms with Crippen LogP contribution in [0.2, 0.25) is 0 Å². The Bertz CT molecular complexity index is 670. The summed E-state index contributed by atoms with van der Waals surface area (Å²) in [6.07, 6.45) is 4.85. The minimum atomic E-state index is -0.601. The van der Waals surface area contributed by atoms with Crippen molar-refractivity contribution in [3.05, 3.63) is 11.6 Å². The lowest BCUT2D eigenvalue weighted by molar-refractivity contribution is -0.139. The first-order valence-electron chi connectivity index (χ1n) is 12.2. The van der Waals surface area contributed by atoms with E-state index in [2.05, 4.69) is 10.2 Å². The average Bonchev–Trinajstić information content (AvgIpc) is 2.75. The summed E-state index contributed by atoms with van der Waals surface area (Å²) in [6.45, 7) is 15.9. The van der Waals surface area contributed by atoms with E-state index < -0.39 is 6.04 Å². The maximum Gasteiger partial charge on any atom is 0.249 e. The highest BCUT2D eigenvalue weighted by Crippen LogP contribution is 2.19. The Morgan fingerprint density at radius 1 is 1.06 bits per heavy atom. The van der Waals surface area contributed by atoms with Gasteiger partial charge in [0.1, 0.15) is 6.04 Å². The van der Waals surface area contributed by atoms with E-state index in [1.54, 1.807) is 16.8 Å². The number of hydrogen-bond acceptors (Lipinski definition) is 4. The standard InChI is InChI=1S/C25H46N4O3/c1-10-29(11-2)24(31)19(7)16-21(17(3)4)28(9)25(32)22(18(5)6)26-23(30)20-14-12-13-15-27(20)8/h16-18,20-22H,10-15H2,1-9H3,(H,26,30)/b19-16+/t20-,21-,22+/m1/s1. The first kappa shape index (κ1) is 28.1. The zero-order valence-corrected chi connectivity index (χ0v) is 21.8. The van der Waals surface area contributed by atoms with Crippen LogP contribution in [0.5, 0.6) is 0 Å². The zero-order valence-electron chi connectivity index (χ0n) is 21.8. The molecule has 3 amide bonds. The van der Waals surface area contributed by atoms with E-state index in [4.69, 9.17) is 0 Å². The van der Waals surface area contributed by atoms with E-state index >= 15 is 0 Å². The summed E-state index contributed by atoms with van der Waals surface area (Å²) < 4.78 is 0. The fourth-order valence-corrected chi connectivity index (χ4v) is 4.37. The quantitative estimate of drug-likeness (QED) is 0.520. The predicted octanol–water partition coefficient (Wildman–Crippen LogP) is 2.91. The van der Waals surface area contributed by atoms with Gasteiger partial charge in [0.25, 0.3) is 0 Å². The summed E-state index contributed by atoms with van der Waals surface area (Å²) in [6, 6.07) is -1.02. The van der Waals surface area contributed by atoms with Gasteiger partial charge >= 0.3 is 0 Å². The maximum absolute atomic E-state index is 13.5. The predicted molar refractivity (Wildman–Crippen MR) is 130 cm³/mol. The highest BCUT2D eigenvalue weighted by atomic mass is 16.2. The monoisotopic (exact) mass is 450 g/mol. The van der Waals surface area contributed by atoms with E-state index in [1.165, 1.54) is 0 Å². The van der Waals surface area contributed by atoms with Crippen molar-refractivity contribution in [2.75, 3.05) is 33.7 Å². The van der Waals surface area contributed by atoms with Crippen molar-refractivity contribution in [1.29, 1.82) is 0 Å². The Kier molecular flexibility index (Phi) is 11.4. The van der Waals surface area contributed by atoms with Crippen LogP contribution in [0, 0.1) is 11.8 Å². The molecule has 0 saturated carbocycles. The second kappa shape index (κ2) is 13.0. The molecule has 0 aromatic rings. The number of piperidine rings is 1. The van der Waals surface area contributed by atoms with Crippen LogP contribution in [-0.4, -0.2) is 84.3 Å². The van der Waals surface area contributed by atoms with Gasteiger partial charge in [0.2, 0.25) is 17.7 Å². The van der Waals surface area contributed by atoms with Crippen molar-refractivity contribution in [3.63, 3.8) is 0 Å². The molecule has 7 heteroatoms. The molecular formula is C25H46N4O3. The molecule has 1 fully saturated rings. The number of carbonyl (C=O) groups excluding carboxylic acids is 3. The van der Waals surface area contributed by atoms with E-state index in [9.17, 15) is 14.4 Å². The molecule has 0 aromatic heterocycles. The molecule has 0 unspecified atom stereocenters. The third kappa shape index (κ3) is 7.32. The molecule has 3 atom stereocenters. The Morgan fingerprint density at radius 2 is 1.66 bits per heavy atom. The summed E-state index contributed by atoms with van der Waals surface area (Å²) in [5.41, 5.74) is 0.640. The van der Waals surface area contributed by atoms with Gasteiger partial charge in [-0.15, -0.1) is 0 Å². The third-order valence-electron chi connectivity index (χ3n) is 6.59. The lowest BCUT2D eigenvalue weighted by atomic mass is 9.96. The van der Waals surface area contributed by atoms with Gasteiger partial charge in [0, 0.05) is 25.7 Å². The Hall–Kier alpha value is -1.89. The van der Waals surface area contributed by atoms with Gasteiger partial charge in [-0.3, -0.25) is 19.3 Å². The van der Waals surface area contributed by atoms with Crippen molar-refractivity contribution >= 4 is 17.7 Å². The van der Waals surface area contributed by atoms with Gasteiger partial charge in [-0.05, 0) is 59.0 Å². The first-order chi connectivity index (χ1) is 15.0. The van der Waals surface area contributed by atoms with Crippen LogP contribution >= 0.6 is 0 Å². The Balaban J connectivity index is 3.05. The van der Waals surface area contributed by atoms with Gasteiger partial charge in [0.05, 0.1) is 12.1 Å². The van der Waals surface area contributed by atoms with E-state index in [-0.39, 0.29) is 41.6 Å². The van der Waals surface area contributed by atoms with Gasteiger partial charge in [-0.25, -0.2) is 0 Å². The SMILES string of the molecule is CCN(CC)C(=O)/C(C)=C/[C@H](C(C)C)N(C)C(=O)[C@@H](NC(=O)[C@H]1CCCCN1C)C(C)C. The van der Waals surface area contributed by atoms with E-state index in [0.29, 0.717) is 18.7 Å². The molecule has 1 heterocycles. The molecule has 7 nitrogen and oxygen atoms in total. The molecular weight excluding hydrogens is 404 g/mol. The first-order valence-corrected chi connectivity index (χ1v) is 12.2. The molecule has 1 rings (SSSR count). The molecule has 0 aromatic carbocycles. The highest BCUT2D eigenvalue weighted by Gasteiger charge is 2.34. The molecule has 32 heavy (non-hydrogen) atoms. The van der Waals surface area contributed by atoms with E-state index in [0.717, 1.165) is 25.8 Å². The lowest BCUT2D eigenvalue weighted by Crippen LogP contribution is -2.57. The Morgan fingerprint density at radius 3 is 2.12 bits per heavy atom. The van der Waals surface area contributed by atoms with Crippen molar-refractivity contribution < 1.29 is 14.4 Å². The summed E-state index contributed by atoms with van der Waals surface area (Å²) in [4.78, 5) is 44.8. The van der Waals surface area contributed by atoms with E-state index in [1.807, 2.05) is 61.6 Å². The van der Waals surface area contributed by atoms with Gasteiger partial charge in [-0.1, -0.05) is 40.2 Å². The average molecular weight is 451 g/mol. The molecule has 1 saturated heterocycles. The van der Waals surface area contributed by atoms with Crippen LogP contribution in [0.3, 0.4) is 0 Å². The minimum Gasteiger partial charge on any atom is -0.343 e. The van der Waals surface area contributed by atoms with Gasteiger partial charge in [0.15, 0.2) is 0 Å². The van der Waals surface area contributed by atoms with Gasteiger partial charge in [-0.2, -0.15) is 0 Å². The minimum absolute atomic E-state index is 0.00412. The molecule has 184 valence electrons. The topological polar surface area (TPSA) is 73.0 Å². The number of nitrogens with one attached hydrogen (secondary N) is 1. The number of likely N-dealkylation sites (N-methyl/N-ethyl adjacent to an activating group) is 3. The molecule has 1 aliphatic heterocycles. The van der Waals surface area contributed by atoms with Crippen LogP contribution in [0.15, 0.2) is 11.6 Å². The number of hydrogen-bond donors (Lipinski definition) is 1. The summed E-state index contributed by atoms with van der Waals surface area (Å²) in [5, 5.41) is 3.04. The van der Waals surface area contributed by atoms with Crippen LogP contribution in [-0.2, 0) is 14.4 Å². The summed E-state index contributed by atoms with van der Waals surface area (Å²) in [5.74, 6) is -0.119. The summed E-state index contributed by atoms with van der Waals surface area (Å²) in [7, 11) is 3.74. The second-order valence-corrected chi connectivity index (χ2v) is 9.73. The smallest absolute Gasteiger partial charge is 0.249 e.